The number of carbonyl (C=O) groups excluding carboxylic acids is 1. The molecule has 2 N–H and O–H groups in total. The third-order valence-corrected chi connectivity index (χ3v) is 2.94. The van der Waals surface area contributed by atoms with Crippen molar-refractivity contribution in [2.45, 2.75) is 32.8 Å². The topological polar surface area (TPSA) is 63.2 Å². The molecular weight excluding hydrogens is 278 g/mol. The largest absolute Gasteiger partial charge is 0.379 e. The van der Waals surface area contributed by atoms with E-state index in [-0.39, 0.29) is 12.0 Å². The first-order valence-corrected chi connectivity index (χ1v) is 7.15. The Kier molecular flexibility index (Phi) is 7.33. The Morgan fingerprint density at radius 3 is 2.80 bits per heavy atom. The van der Waals surface area contributed by atoms with Gasteiger partial charge in [0, 0.05) is 26.4 Å². The second-order valence-electron chi connectivity index (χ2n) is 4.69. The molecule has 0 spiro atoms. The summed E-state index contributed by atoms with van der Waals surface area (Å²) in [7, 11) is 1.73. The third-order valence-electron chi connectivity index (χ3n) is 2.65. The molecule has 0 aliphatic heterocycles. The van der Waals surface area contributed by atoms with Crippen LogP contribution in [0.2, 0.25) is 5.02 Å². The highest BCUT2D eigenvalue weighted by Crippen LogP contribution is 2.19. The number of halogens is 1. The maximum Gasteiger partial charge on any atom is 0.252 e. The Labute approximate surface area is 125 Å². The van der Waals surface area contributed by atoms with E-state index >= 15 is 0 Å². The zero-order valence-corrected chi connectivity index (χ0v) is 13.0. The lowest BCUT2D eigenvalue weighted by Crippen LogP contribution is -2.25. The number of anilines is 1. The van der Waals surface area contributed by atoms with Gasteiger partial charge in [0.05, 0.1) is 16.7 Å². The number of pyridine rings is 1. The maximum absolute atomic E-state index is 11.9. The first-order valence-electron chi connectivity index (χ1n) is 6.77. The monoisotopic (exact) mass is 299 g/mol. The SMILES string of the molecule is CNc1ncc(C(=O)NCCCCOC(C)C)cc1Cl. The van der Waals surface area contributed by atoms with Gasteiger partial charge in [-0.25, -0.2) is 4.98 Å². The van der Waals surface area contributed by atoms with E-state index in [1.165, 1.54) is 6.20 Å². The van der Waals surface area contributed by atoms with Crippen molar-refractivity contribution in [2.24, 2.45) is 0 Å². The zero-order valence-electron chi connectivity index (χ0n) is 12.2. The highest BCUT2D eigenvalue weighted by atomic mass is 35.5. The second kappa shape index (κ2) is 8.76. The van der Waals surface area contributed by atoms with Crippen LogP contribution in [-0.2, 0) is 4.74 Å². The zero-order chi connectivity index (χ0) is 15.0. The van der Waals surface area contributed by atoms with Gasteiger partial charge in [-0.3, -0.25) is 4.79 Å². The molecule has 1 rings (SSSR count). The van der Waals surface area contributed by atoms with E-state index in [1.54, 1.807) is 13.1 Å². The van der Waals surface area contributed by atoms with Crippen LogP contribution in [0.4, 0.5) is 5.82 Å². The van der Waals surface area contributed by atoms with E-state index in [4.69, 9.17) is 16.3 Å². The van der Waals surface area contributed by atoms with Crippen LogP contribution in [0.25, 0.3) is 0 Å². The summed E-state index contributed by atoms with van der Waals surface area (Å²) in [5, 5.41) is 6.12. The summed E-state index contributed by atoms with van der Waals surface area (Å²) in [5.74, 6) is 0.404. The van der Waals surface area contributed by atoms with Gasteiger partial charge in [0.25, 0.3) is 5.91 Å². The second-order valence-corrected chi connectivity index (χ2v) is 5.09. The average molecular weight is 300 g/mol. The maximum atomic E-state index is 11.9. The van der Waals surface area contributed by atoms with Crippen molar-refractivity contribution >= 4 is 23.3 Å². The fraction of sp³-hybridized carbons (Fsp3) is 0.571. The van der Waals surface area contributed by atoms with Crippen LogP contribution < -0.4 is 10.6 Å². The average Bonchev–Trinajstić information content (AvgIpc) is 2.42. The van der Waals surface area contributed by atoms with Gasteiger partial charge in [0.1, 0.15) is 5.82 Å². The molecule has 0 radical (unpaired) electrons. The predicted molar refractivity (Wildman–Crippen MR) is 81.4 cm³/mol. The molecule has 6 heteroatoms. The number of carbonyl (C=O) groups is 1. The molecule has 1 aromatic rings. The van der Waals surface area contributed by atoms with Crippen LogP contribution >= 0.6 is 11.6 Å². The van der Waals surface area contributed by atoms with Crippen molar-refractivity contribution in [1.29, 1.82) is 0 Å². The molecule has 112 valence electrons. The molecule has 1 aromatic heterocycles. The van der Waals surface area contributed by atoms with Crippen LogP contribution in [0.15, 0.2) is 12.3 Å². The van der Waals surface area contributed by atoms with Crippen LogP contribution in [0.1, 0.15) is 37.0 Å². The van der Waals surface area contributed by atoms with Gasteiger partial charge >= 0.3 is 0 Å². The molecule has 5 nitrogen and oxygen atoms in total. The molecule has 0 saturated carbocycles. The van der Waals surface area contributed by atoms with E-state index < -0.39 is 0 Å². The summed E-state index contributed by atoms with van der Waals surface area (Å²) >= 11 is 5.98. The van der Waals surface area contributed by atoms with Crippen molar-refractivity contribution in [1.82, 2.24) is 10.3 Å². The minimum absolute atomic E-state index is 0.160. The van der Waals surface area contributed by atoms with Gasteiger partial charge < -0.3 is 15.4 Å². The lowest BCUT2D eigenvalue weighted by atomic mass is 10.2. The number of nitrogens with one attached hydrogen (secondary N) is 2. The molecule has 0 bridgehead atoms. The fourth-order valence-corrected chi connectivity index (χ4v) is 1.86. The predicted octanol–water partition coefficient (Wildman–Crippen LogP) is 2.71. The van der Waals surface area contributed by atoms with Crippen LogP contribution in [-0.4, -0.2) is 37.2 Å². The smallest absolute Gasteiger partial charge is 0.252 e. The summed E-state index contributed by atoms with van der Waals surface area (Å²) in [6, 6.07) is 1.61. The van der Waals surface area contributed by atoms with Gasteiger partial charge in [-0.1, -0.05) is 11.6 Å². The third kappa shape index (κ3) is 5.75. The summed E-state index contributed by atoms with van der Waals surface area (Å²) < 4.78 is 5.43. The van der Waals surface area contributed by atoms with E-state index in [9.17, 15) is 4.79 Å². The van der Waals surface area contributed by atoms with Gasteiger partial charge in [-0.2, -0.15) is 0 Å². The minimum Gasteiger partial charge on any atom is -0.379 e. The normalized spacial score (nSPS) is 10.7. The minimum atomic E-state index is -0.160. The summed E-state index contributed by atoms with van der Waals surface area (Å²) in [5.41, 5.74) is 0.465. The number of ether oxygens (including phenoxy) is 1. The van der Waals surface area contributed by atoms with Crippen LogP contribution in [0, 0.1) is 0 Å². The number of unbranched alkanes of at least 4 members (excludes halogenated alkanes) is 1. The molecule has 0 atom stereocenters. The molecule has 20 heavy (non-hydrogen) atoms. The number of hydrogen-bond acceptors (Lipinski definition) is 4. The highest BCUT2D eigenvalue weighted by molar-refractivity contribution is 6.33. The Morgan fingerprint density at radius 2 is 2.20 bits per heavy atom. The molecular formula is C14H22ClN3O2. The molecule has 0 unspecified atom stereocenters. The number of amides is 1. The summed E-state index contributed by atoms with van der Waals surface area (Å²) in [4.78, 5) is 15.9. The molecule has 0 aliphatic carbocycles. The van der Waals surface area contributed by atoms with Crippen molar-refractivity contribution in [2.75, 3.05) is 25.5 Å². The number of aromatic nitrogens is 1. The Morgan fingerprint density at radius 1 is 1.45 bits per heavy atom. The van der Waals surface area contributed by atoms with E-state index in [0.29, 0.717) is 22.9 Å². The standard InChI is InChI=1S/C14H22ClN3O2/c1-10(2)20-7-5-4-6-17-14(19)11-8-12(15)13(16-3)18-9-11/h8-10H,4-7H2,1-3H3,(H,16,18)(H,17,19). The van der Waals surface area contributed by atoms with Gasteiger partial charge in [0.2, 0.25) is 0 Å². The Hall–Kier alpha value is -1.33. The van der Waals surface area contributed by atoms with E-state index in [0.717, 1.165) is 19.4 Å². The van der Waals surface area contributed by atoms with Crippen molar-refractivity contribution in [3.05, 3.63) is 22.8 Å². The van der Waals surface area contributed by atoms with Crippen molar-refractivity contribution in [3.8, 4) is 0 Å². The van der Waals surface area contributed by atoms with Crippen molar-refractivity contribution in [3.63, 3.8) is 0 Å². The lowest BCUT2D eigenvalue weighted by Gasteiger charge is -2.08. The molecule has 0 fully saturated rings. The number of rotatable bonds is 8. The van der Waals surface area contributed by atoms with E-state index in [2.05, 4.69) is 15.6 Å². The quantitative estimate of drug-likeness (QED) is 0.725. The first-order chi connectivity index (χ1) is 9.54. The summed E-state index contributed by atoms with van der Waals surface area (Å²) in [6.07, 6.45) is 3.57. The highest BCUT2D eigenvalue weighted by Gasteiger charge is 2.08. The molecule has 1 amide bonds. The number of nitrogens with zero attached hydrogens (tertiary/aromatic N) is 1. The molecule has 0 aromatic carbocycles. The van der Waals surface area contributed by atoms with E-state index in [1.807, 2.05) is 13.8 Å². The fourth-order valence-electron chi connectivity index (χ4n) is 1.60. The Bertz CT molecular complexity index is 438. The number of hydrogen-bond donors (Lipinski definition) is 2. The lowest BCUT2D eigenvalue weighted by molar-refractivity contribution is 0.0754. The van der Waals surface area contributed by atoms with Gasteiger partial charge in [0.15, 0.2) is 0 Å². The van der Waals surface area contributed by atoms with Gasteiger partial charge in [-0.15, -0.1) is 0 Å². The Balaban J connectivity index is 2.31. The molecule has 0 aliphatic rings. The molecule has 0 saturated heterocycles. The van der Waals surface area contributed by atoms with Gasteiger partial charge in [-0.05, 0) is 32.8 Å². The first kappa shape index (κ1) is 16.7. The van der Waals surface area contributed by atoms with Crippen LogP contribution in [0.3, 0.4) is 0 Å². The van der Waals surface area contributed by atoms with Crippen LogP contribution in [0.5, 0.6) is 0 Å². The summed E-state index contributed by atoms with van der Waals surface area (Å²) in [6.45, 7) is 5.35. The molecule has 1 heterocycles. The van der Waals surface area contributed by atoms with Crippen molar-refractivity contribution < 1.29 is 9.53 Å².